The van der Waals surface area contributed by atoms with Gasteiger partial charge >= 0.3 is 19.7 Å². The number of esters is 1. The zero-order valence-electron chi connectivity index (χ0n) is 13.1. The summed E-state index contributed by atoms with van der Waals surface area (Å²) in [6.07, 6.45) is -1.46. The molecule has 0 bridgehead atoms. The molecule has 1 aromatic rings. The Bertz CT molecular complexity index is 649. The summed E-state index contributed by atoms with van der Waals surface area (Å²) in [5.41, 5.74) is 0.689. The molecule has 0 saturated carbocycles. The molecular formula is C15H19O8P. The smallest absolute Gasteiger partial charge is 0.434 e. The van der Waals surface area contributed by atoms with Gasteiger partial charge in [0, 0.05) is 0 Å². The molecule has 0 radical (unpaired) electrons. The Balaban J connectivity index is 2.30. The number of para-hydroxylation sites is 1. The molecule has 24 heavy (non-hydrogen) atoms. The summed E-state index contributed by atoms with van der Waals surface area (Å²) in [6.45, 7) is 4.63. The van der Waals surface area contributed by atoms with Gasteiger partial charge in [-0.3, -0.25) is 4.57 Å². The zero-order chi connectivity index (χ0) is 18.2. The molecule has 0 amide bonds. The van der Waals surface area contributed by atoms with Gasteiger partial charge in [-0.1, -0.05) is 24.8 Å². The van der Waals surface area contributed by atoms with Crippen molar-refractivity contribution in [2.24, 2.45) is 0 Å². The molecule has 0 spiro atoms. The number of benzene rings is 1. The van der Waals surface area contributed by atoms with Crippen molar-refractivity contribution in [3.8, 4) is 5.75 Å². The first-order chi connectivity index (χ1) is 11.2. The second-order valence-electron chi connectivity index (χ2n) is 4.89. The largest absolute Gasteiger partial charge is 0.508 e. The Morgan fingerprint density at radius 3 is 2.50 bits per heavy atom. The third-order valence-electron chi connectivity index (χ3n) is 2.76. The minimum Gasteiger partial charge on any atom is -0.434 e. The van der Waals surface area contributed by atoms with Gasteiger partial charge in [0.1, 0.15) is 12.4 Å². The van der Waals surface area contributed by atoms with Crippen molar-refractivity contribution in [2.45, 2.75) is 13.3 Å². The van der Waals surface area contributed by atoms with Gasteiger partial charge in [-0.25, -0.2) is 9.59 Å². The monoisotopic (exact) mass is 358 g/mol. The quantitative estimate of drug-likeness (QED) is 0.239. The highest BCUT2D eigenvalue weighted by atomic mass is 31.2. The molecule has 8 nitrogen and oxygen atoms in total. The lowest BCUT2D eigenvalue weighted by Gasteiger charge is -2.10. The molecule has 0 atom stereocenters. The van der Waals surface area contributed by atoms with E-state index in [1.54, 1.807) is 31.2 Å². The lowest BCUT2D eigenvalue weighted by Crippen LogP contribution is -2.18. The highest BCUT2D eigenvalue weighted by molar-refractivity contribution is 7.51. The SMILES string of the molecule is C=C(COC(=O)OCCCP(=O)(O)O)C(=O)Oc1ccccc1C. The van der Waals surface area contributed by atoms with Gasteiger partial charge in [0.05, 0.1) is 18.3 Å². The molecule has 132 valence electrons. The number of aryl methyl sites for hydroxylation is 1. The molecule has 0 aliphatic rings. The van der Waals surface area contributed by atoms with Crippen LogP contribution in [0.2, 0.25) is 0 Å². The summed E-state index contributed by atoms with van der Waals surface area (Å²) in [5.74, 6) is -0.359. The molecule has 0 heterocycles. The number of ether oxygens (including phenoxy) is 3. The molecule has 1 rings (SSSR count). The van der Waals surface area contributed by atoms with E-state index in [4.69, 9.17) is 14.5 Å². The van der Waals surface area contributed by atoms with Gasteiger partial charge in [0.15, 0.2) is 0 Å². The Morgan fingerprint density at radius 2 is 1.88 bits per heavy atom. The van der Waals surface area contributed by atoms with E-state index in [1.165, 1.54) is 0 Å². The number of rotatable bonds is 8. The number of carbonyl (C=O) groups excluding carboxylic acids is 2. The lowest BCUT2D eigenvalue weighted by molar-refractivity contribution is -0.130. The lowest BCUT2D eigenvalue weighted by atomic mass is 10.2. The summed E-state index contributed by atoms with van der Waals surface area (Å²) < 4.78 is 25.0. The fraction of sp³-hybridized carbons (Fsp3) is 0.333. The van der Waals surface area contributed by atoms with E-state index in [0.717, 1.165) is 5.56 Å². The zero-order valence-corrected chi connectivity index (χ0v) is 14.0. The first-order valence-electron chi connectivity index (χ1n) is 6.99. The van der Waals surface area contributed by atoms with Crippen molar-refractivity contribution in [3.63, 3.8) is 0 Å². The van der Waals surface area contributed by atoms with Crippen molar-refractivity contribution in [3.05, 3.63) is 42.0 Å². The molecule has 0 aliphatic carbocycles. The van der Waals surface area contributed by atoms with Gasteiger partial charge in [-0.2, -0.15) is 0 Å². The van der Waals surface area contributed by atoms with Gasteiger partial charge in [0.25, 0.3) is 0 Å². The van der Waals surface area contributed by atoms with Gasteiger partial charge in [-0.15, -0.1) is 0 Å². The van der Waals surface area contributed by atoms with E-state index in [9.17, 15) is 14.2 Å². The molecule has 0 saturated heterocycles. The normalized spacial score (nSPS) is 10.8. The molecule has 0 fully saturated rings. The average molecular weight is 358 g/mol. The summed E-state index contributed by atoms with van der Waals surface area (Å²) >= 11 is 0. The minimum absolute atomic E-state index is 0.00432. The van der Waals surface area contributed by atoms with E-state index < -0.39 is 32.5 Å². The van der Waals surface area contributed by atoms with E-state index in [-0.39, 0.29) is 18.6 Å². The number of carbonyl (C=O) groups is 2. The Morgan fingerprint density at radius 1 is 1.21 bits per heavy atom. The van der Waals surface area contributed by atoms with E-state index in [2.05, 4.69) is 16.1 Å². The molecule has 9 heteroatoms. The van der Waals surface area contributed by atoms with Crippen LogP contribution < -0.4 is 4.74 Å². The molecule has 1 aromatic carbocycles. The highest BCUT2D eigenvalue weighted by Gasteiger charge is 2.15. The summed E-state index contributed by atoms with van der Waals surface area (Å²) in [7, 11) is -4.11. The van der Waals surface area contributed by atoms with Crippen LogP contribution in [-0.4, -0.2) is 41.3 Å². The number of hydrogen-bond acceptors (Lipinski definition) is 6. The first kappa shape index (κ1) is 19.9. The van der Waals surface area contributed by atoms with Crippen LogP contribution in [0.25, 0.3) is 0 Å². The molecule has 0 unspecified atom stereocenters. The molecule has 0 aliphatic heterocycles. The van der Waals surface area contributed by atoms with Gasteiger partial charge < -0.3 is 24.0 Å². The third kappa shape index (κ3) is 7.92. The van der Waals surface area contributed by atoms with Crippen LogP contribution in [0.3, 0.4) is 0 Å². The Labute approximate surface area is 139 Å². The molecular weight excluding hydrogens is 339 g/mol. The van der Waals surface area contributed by atoms with Crippen LogP contribution in [0, 0.1) is 6.92 Å². The summed E-state index contributed by atoms with van der Waals surface area (Å²) in [5, 5.41) is 0. The van der Waals surface area contributed by atoms with Crippen molar-refractivity contribution in [1.82, 2.24) is 0 Å². The van der Waals surface area contributed by atoms with Crippen LogP contribution in [0.15, 0.2) is 36.4 Å². The van der Waals surface area contributed by atoms with E-state index >= 15 is 0 Å². The first-order valence-corrected chi connectivity index (χ1v) is 8.78. The van der Waals surface area contributed by atoms with E-state index in [0.29, 0.717) is 5.75 Å². The predicted molar refractivity (Wildman–Crippen MR) is 84.8 cm³/mol. The van der Waals surface area contributed by atoms with Crippen LogP contribution in [-0.2, 0) is 18.8 Å². The molecule has 2 N–H and O–H groups in total. The topological polar surface area (TPSA) is 119 Å². The molecule has 0 aromatic heterocycles. The predicted octanol–water partition coefficient (Wildman–Crippen LogP) is 2.18. The maximum absolute atomic E-state index is 11.8. The Kier molecular flexibility index (Phi) is 7.64. The van der Waals surface area contributed by atoms with Crippen LogP contribution in [0.4, 0.5) is 4.79 Å². The second kappa shape index (κ2) is 9.22. The third-order valence-corrected chi connectivity index (χ3v) is 3.66. The maximum Gasteiger partial charge on any atom is 0.508 e. The van der Waals surface area contributed by atoms with Crippen LogP contribution >= 0.6 is 7.60 Å². The average Bonchev–Trinajstić information content (AvgIpc) is 2.50. The summed E-state index contributed by atoms with van der Waals surface area (Å²) in [6, 6.07) is 6.91. The van der Waals surface area contributed by atoms with Crippen molar-refractivity contribution >= 4 is 19.7 Å². The second-order valence-corrected chi connectivity index (χ2v) is 6.66. The minimum atomic E-state index is -4.11. The summed E-state index contributed by atoms with van der Waals surface area (Å²) in [4.78, 5) is 40.4. The standard InChI is InChI=1S/C15H19O8P/c1-11-6-3-4-7-13(11)23-14(16)12(2)10-22-15(17)21-8-5-9-24(18,19)20/h3-4,6-7H,2,5,8-10H2,1H3,(H2,18,19,20). The van der Waals surface area contributed by atoms with Crippen molar-refractivity contribution < 1.29 is 38.2 Å². The highest BCUT2D eigenvalue weighted by Crippen LogP contribution is 2.34. The van der Waals surface area contributed by atoms with E-state index in [1.807, 2.05) is 0 Å². The number of hydrogen-bond donors (Lipinski definition) is 2. The van der Waals surface area contributed by atoms with Crippen molar-refractivity contribution in [2.75, 3.05) is 19.4 Å². The maximum atomic E-state index is 11.8. The Hall–Kier alpha value is -2.15. The fourth-order valence-electron chi connectivity index (χ4n) is 1.52. The van der Waals surface area contributed by atoms with Crippen LogP contribution in [0.5, 0.6) is 5.75 Å². The van der Waals surface area contributed by atoms with Gasteiger partial charge in [0.2, 0.25) is 0 Å². The van der Waals surface area contributed by atoms with Crippen LogP contribution in [0.1, 0.15) is 12.0 Å². The van der Waals surface area contributed by atoms with Gasteiger partial charge in [-0.05, 0) is 25.0 Å². The fourth-order valence-corrected chi connectivity index (χ4v) is 2.06. The van der Waals surface area contributed by atoms with Crippen molar-refractivity contribution in [1.29, 1.82) is 0 Å².